The molecule has 0 saturated carbocycles. The molecule has 1 fully saturated rings. The lowest BCUT2D eigenvalue weighted by molar-refractivity contribution is 0.477. The fourth-order valence-electron chi connectivity index (χ4n) is 2.65. The van der Waals surface area contributed by atoms with E-state index in [4.69, 9.17) is 5.73 Å². The molecular formula is C12H22N4O2S. The number of sulfone groups is 1. The first-order valence-corrected chi connectivity index (χ1v) is 8.60. The summed E-state index contributed by atoms with van der Waals surface area (Å²) in [6.45, 7) is 2.86. The number of nitrogens with two attached hydrogens (primary N) is 1. The molecular weight excluding hydrogens is 264 g/mol. The molecule has 2 heterocycles. The predicted molar refractivity (Wildman–Crippen MR) is 73.4 cm³/mol. The van der Waals surface area contributed by atoms with Gasteiger partial charge in [0, 0.05) is 19.0 Å². The van der Waals surface area contributed by atoms with E-state index in [0.717, 1.165) is 31.6 Å². The van der Waals surface area contributed by atoms with Gasteiger partial charge in [0.1, 0.15) is 12.2 Å². The molecule has 0 aromatic carbocycles. The van der Waals surface area contributed by atoms with Gasteiger partial charge in [-0.3, -0.25) is 4.68 Å². The van der Waals surface area contributed by atoms with Crippen LogP contribution in [-0.2, 0) is 22.8 Å². The van der Waals surface area contributed by atoms with Gasteiger partial charge in [0.2, 0.25) is 0 Å². The fourth-order valence-corrected chi connectivity index (χ4v) is 4.71. The number of hydrogen-bond acceptors (Lipinski definition) is 5. The largest absolute Gasteiger partial charge is 0.326 e. The van der Waals surface area contributed by atoms with E-state index in [2.05, 4.69) is 17.0 Å². The van der Waals surface area contributed by atoms with Gasteiger partial charge in [-0.05, 0) is 19.3 Å². The minimum absolute atomic E-state index is 0.271. The molecule has 1 saturated heterocycles. The normalized spacial score (nSPS) is 24.2. The highest BCUT2D eigenvalue weighted by atomic mass is 32.2. The predicted octanol–water partition coefficient (Wildman–Crippen LogP) is 0.525. The summed E-state index contributed by atoms with van der Waals surface area (Å²) in [7, 11) is -3.03. The van der Waals surface area contributed by atoms with Crippen molar-refractivity contribution >= 4 is 9.84 Å². The maximum Gasteiger partial charge on any atom is 0.154 e. The van der Waals surface area contributed by atoms with Crippen molar-refractivity contribution in [1.29, 1.82) is 0 Å². The van der Waals surface area contributed by atoms with E-state index in [1.165, 1.54) is 6.33 Å². The van der Waals surface area contributed by atoms with Crippen LogP contribution in [0.4, 0.5) is 0 Å². The maximum absolute atomic E-state index is 12.0. The molecule has 0 radical (unpaired) electrons. The Morgan fingerprint density at radius 3 is 3.00 bits per heavy atom. The lowest BCUT2D eigenvalue weighted by atomic mass is 10.0. The Morgan fingerprint density at radius 2 is 2.32 bits per heavy atom. The van der Waals surface area contributed by atoms with E-state index >= 15 is 0 Å². The van der Waals surface area contributed by atoms with Gasteiger partial charge in [0.15, 0.2) is 9.84 Å². The van der Waals surface area contributed by atoms with Gasteiger partial charge in [-0.25, -0.2) is 13.4 Å². The quantitative estimate of drug-likeness (QED) is 0.852. The van der Waals surface area contributed by atoms with Gasteiger partial charge in [-0.2, -0.15) is 5.10 Å². The molecule has 1 aliphatic rings. The summed E-state index contributed by atoms with van der Waals surface area (Å²) in [6, 6.07) is -0.384. The second-order valence-electron chi connectivity index (χ2n) is 5.17. The highest BCUT2D eigenvalue weighted by molar-refractivity contribution is 7.92. The monoisotopic (exact) mass is 286 g/mol. The number of nitrogens with zero attached hydrogens (tertiary/aromatic N) is 3. The van der Waals surface area contributed by atoms with Crippen molar-refractivity contribution in [2.75, 3.05) is 5.75 Å². The van der Waals surface area contributed by atoms with E-state index in [-0.39, 0.29) is 11.8 Å². The molecule has 6 nitrogen and oxygen atoms in total. The summed E-state index contributed by atoms with van der Waals surface area (Å²) in [5.74, 6) is 1.06. The molecule has 0 spiro atoms. The first-order valence-electron chi connectivity index (χ1n) is 6.88. The smallest absolute Gasteiger partial charge is 0.154 e. The zero-order valence-electron chi connectivity index (χ0n) is 11.3. The van der Waals surface area contributed by atoms with Crippen LogP contribution in [0.1, 0.15) is 38.4 Å². The Hall–Kier alpha value is -0.950. The highest BCUT2D eigenvalue weighted by Gasteiger charge is 2.34. The standard InChI is InChI=1S/C12H22N4O2S/c1-2-6-16-12(14-9-15-16)8-10(13)11-5-3-4-7-19(11,17)18/h9-11H,2-8,13H2,1H3. The molecule has 7 heteroatoms. The minimum atomic E-state index is -3.03. The molecule has 1 aliphatic heterocycles. The first kappa shape index (κ1) is 14.5. The van der Waals surface area contributed by atoms with E-state index in [0.29, 0.717) is 12.8 Å². The Balaban J connectivity index is 2.07. The fraction of sp³-hybridized carbons (Fsp3) is 0.833. The zero-order chi connectivity index (χ0) is 13.9. The van der Waals surface area contributed by atoms with Crippen molar-refractivity contribution in [2.45, 2.75) is 56.9 Å². The van der Waals surface area contributed by atoms with Crippen molar-refractivity contribution in [3.05, 3.63) is 12.2 Å². The van der Waals surface area contributed by atoms with Gasteiger partial charge >= 0.3 is 0 Å². The minimum Gasteiger partial charge on any atom is -0.326 e. The average Bonchev–Trinajstić information content (AvgIpc) is 2.76. The maximum atomic E-state index is 12.0. The molecule has 2 N–H and O–H groups in total. The summed E-state index contributed by atoms with van der Waals surface area (Å²) in [4.78, 5) is 4.19. The second-order valence-corrected chi connectivity index (χ2v) is 7.51. The molecule has 0 aliphatic carbocycles. The number of aromatic nitrogens is 3. The van der Waals surface area contributed by atoms with Crippen molar-refractivity contribution in [3.8, 4) is 0 Å². The van der Waals surface area contributed by atoms with Gasteiger partial charge in [-0.1, -0.05) is 13.3 Å². The first-order chi connectivity index (χ1) is 9.04. The Morgan fingerprint density at radius 1 is 1.53 bits per heavy atom. The SMILES string of the molecule is CCCn1ncnc1CC(N)C1CCCCS1(=O)=O. The van der Waals surface area contributed by atoms with Gasteiger partial charge < -0.3 is 5.73 Å². The Kier molecular flexibility index (Phi) is 4.57. The van der Waals surface area contributed by atoms with Crippen LogP contribution in [0.25, 0.3) is 0 Å². The van der Waals surface area contributed by atoms with Crippen LogP contribution >= 0.6 is 0 Å². The molecule has 0 amide bonds. The molecule has 108 valence electrons. The zero-order valence-corrected chi connectivity index (χ0v) is 12.1. The van der Waals surface area contributed by atoms with E-state index < -0.39 is 15.1 Å². The number of hydrogen-bond donors (Lipinski definition) is 1. The third-order valence-electron chi connectivity index (χ3n) is 3.66. The number of rotatable bonds is 5. The molecule has 2 rings (SSSR count). The lowest BCUT2D eigenvalue weighted by Crippen LogP contribution is -2.45. The third-order valence-corrected chi connectivity index (χ3v) is 6.02. The molecule has 0 bridgehead atoms. The van der Waals surface area contributed by atoms with E-state index in [1.807, 2.05) is 4.68 Å². The van der Waals surface area contributed by atoms with Crippen molar-refractivity contribution in [2.24, 2.45) is 5.73 Å². The lowest BCUT2D eigenvalue weighted by Gasteiger charge is -2.27. The Bertz CT molecular complexity index is 512. The topological polar surface area (TPSA) is 90.9 Å². The van der Waals surface area contributed by atoms with Crippen LogP contribution in [0.15, 0.2) is 6.33 Å². The van der Waals surface area contributed by atoms with Crippen LogP contribution in [0.2, 0.25) is 0 Å². The van der Waals surface area contributed by atoms with Crippen molar-refractivity contribution in [1.82, 2.24) is 14.8 Å². The molecule has 2 atom stereocenters. The molecule has 1 aromatic heterocycles. The van der Waals surface area contributed by atoms with Crippen molar-refractivity contribution in [3.63, 3.8) is 0 Å². The summed E-state index contributed by atoms with van der Waals surface area (Å²) in [5.41, 5.74) is 6.12. The second kappa shape index (κ2) is 6.00. The van der Waals surface area contributed by atoms with Crippen LogP contribution in [0, 0.1) is 0 Å². The van der Waals surface area contributed by atoms with Gasteiger partial charge in [0.05, 0.1) is 11.0 Å². The summed E-state index contributed by atoms with van der Waals surface area (Å²) < 4.78 is 25.9. The van der Waals surface area contributed by atoms with Gasteiger partial charge in [-0.15, -0.1) is 0 Å². The van der Waals surface area contributed by atoms with Crippen LogP contribution in [0.3, 0.4) is 0 Å². The molecule has 2 unspecified atom stereocenters. The van der Waals surface area contributed by atoms with Crippen LogP contribution in [-0.4, -0.2) is 40.2 Å². The van der Waals surface area contributed by atoms with E-state index in [9.17, 15) is 8.42 Å². The highest BCUT2D eigenvalue weighted by Crippen LogP contribution is 2.22. The van der Waals surface area contributed by atoms with E-state index in [1.54, 1.807) is 0 Å². The molecule has 1 aromatic rings. The summed E-state index contributed by atoms with van der Waals surface area (Å²) in [5, 5.41) is 3.72. The average molecular weight is 286 g/mol. The van der Waals surface area contributed by atoms with Crippen molar-refractivity contribution < 1.29 is 8.42 Å². The van der Waals surface area contributed by atoms with Crippen LogP contribution in [0.5, 0.6) is 0 Å². The number of aryl methyl sites for hydroxylation is 1. The van der Waals surface area contributed by atoms with Gasteiger partial charge in [0.25, 0.3) is 0 Å². The van der Waals surface area contributed by atoms with Crippen LogP contribution < -0.4 is 5.73 Å². The third kappa shape index (κ3) is 3.33. The molecule has 19 heavy (non-hydrogen) atoms. The summed E-state index contributed by atoms with van der Waals surface area (Å²) >= 11 is 0. The Labute approximate surface area is 114 Å². The summed E-state index contributed by atoms with van der Waals surface area (Å²) in [6.07, 6.45) is 5.33.